The molecule has 0 aromatic heterocycles. The Balaban J connectivity index is 4.28. The summed E-state index contributed by atoms with van der Waals surface area (Å²) >= 11 is 0. The van der Waals surface area contributed by atoms with Gasteiger partial charge in [-0.15, -0.1) is 0 Å². The normalized spacial score (nSPS) is 12.5. The first-order valence-electron chi connectivity index (χ1n) is 29.8. The van der Waals surface area contributed by atoms with Gasteiger partial charge in [-0.05, 0) is 31.1 Å². The summed E-state index contributed by atoms with van der Waals surface area (Å²) in [5.74, 6) is 0.862. The second-order valence-electron chi connectivity index (χ2n) is 21.4. The predicted octanol–water partition coefficient (Wildman–Crippen LogP) is 19.7. The van der Waals surface area contributed by atoms with E-state index in [1.165, 1.54) is 225 Å². The molecule has 392 valence electrons. The van der Waals surface area contributed by atoms with E-state index < -0.39 is 6.10 Å². The Hall–Kier alpha value is -1.59. The summed E-state index contributed by atoms with van der Waals surface area (Å²) in [7, 11) is 0. The van der Waals surface area contributed by atoms with Crippen LogP contribution in [0.25, 0.3) is 0 Å². The third kappa shape index (κ3) is 51.8. The molecule has 0 aromatic carbocycles. The van der Waals surface area contributed by atoms with E-state index in [9.17, 15) is 14.4 Å². The van der Waals surface area contributed by atoms with Crippen molar-refractivity contribution in [3.63, 3.8) is 0 Å². The summed E-state index contributed by atoms with van der Waals surface area (Å²) in [5, 5.41) is 0. The molecule has 6 nitrogen and oxygen atoms in total. The van der Waals surface area contributed by atoms with E-state index in [4.69, 9.17) is 14.2 Å². The first-order valence-corrected chi connectivity index (χ1v) is 29.8. The van der Waals surface area contributed by atoms with Gasteiger partial charge in [0.25, 0.3) is 0 Å². The van der Waals surface area contributed by atoms with Gasteiger partial charge in [-0.1, -0.05) is 298 Å². The topological polar surface area (TPSA) is 78.9 Å². The summed E-state index contributed by atoms with van der Waals surface area (Å²) < 4.78 is 16.9. The van der Waals surface area contributed by atoms with Gasteiger partial charge in [0.2, 0.25) is 0 Å². The maximum Gasteiger partial charge on any atom is 0.306 e. The molecule has 66 heavy (non-hydrogen) atoms. The minimum Gasteiger partial charge on any atom is -0.462 e. The van der Waals surface area contributed by atoms with E-state index >= 15 is 0 Å². The van der Waals surface area contributed by atoms with Crippen molar-refractivity contribution in [2.45, 2.75) is 343 Å². The molecule has 0 bridgehead atoms. The lowest BCUT2D eigenvalue weighted by atomic mass is 9.99. The Bertz CT molecular complexity index is 1010. The highest BCUT2D eigenvalue weighted by molar-refractivity contribution is 5.71. The maximum atomic E-state index is 12.9. The van der Waals surface area contributed by atoms with Crippen molar-refractivity contribution in [1.29, 1.82) is 0 Å². The number of esters is 3. The lowest BCUT2D eigenvalue weighted by Crippen LogP contribution is -2.30. The molecule has 0 amide bonds. The predicted molar refractivity (Wildman–Crippen MR) is 284 cm³/mol. The second-order valence-corrected chi connectivity index (χ2v) is 21.4. The molecule has 0 saturated carbocycles. The first-order chi connectivity index (χ1) is 32.3. The Morgan fingerprint density at radius 1 is 0.318 bits per heavy atom. The van der Waals surface area contributed by atoms with Gasteiger partial charge in [-0.3, -0.25) is 14.4 Å². The summed E-state index contributed by atoms with van der Waals surface area (Å²) in [5.41, 5.74) is 0. The average Bonchev–Trinajstić information content (AvgIpc) is 3.30. The fourth-order valence-electron chi connectivity index (χ4n) is 9.20. The lowest BCUT2D eigenvalue weighted by Gasteiger charge is -2.18. The third-order valence-electron chi connectivity index (χ3n) is 14.1. The van der Waals surface area contributed by atoms with Crippen LogP contribution in [-0.4, -0.2) is 37.2 Å². The number of unbranched alkanes of at least 4 members (excludes halogenated alkanes) is 38. The highest BCUT2D eigenvalue weighted by atomic mass is 16.6. The molecule has 0 radical (unpaired) electrons. The third-order valence-corrected chi connectivity index (χ3v) is 14.1. The van der Waals surface area contributed by atoms with Gasteiger partial charge in [0.1, 0.15) is 13.2 Å². The zero-order chi connectivity index (χ0) is 48.2. The van der Waals surface area contributed by atoms with E-state index in [1.54, 1.807) is 0 Å². The molecule has 0 rings (SSSR count). The molecule has 0 spiro atoms. The van der Waals surface area contributed by atoms with Gasteiger partial charge in [0.05, 0.1) is 0 Å². The van der Waals surface area contributed by atoms with E-state index in [1.807, 2.05) is 0 Å². The summed E-state index contributed by atoms with van der Waals surface area (Å²) in [6.45, 7) is 11.4. The van der Waals surface area contributed by atoms with Crippen LogP contribution in [0.5, 0.6) is 0 Å². The Morgan fingerprint density at radius 2 is 0.576 bits per heavy atom. The average molecular weight is 934 g/mol. The summed E-state index contributed by atoms with van der Waals surface area (Å²) in [6, 6.07) is 0. The van der Waals surface area contributed by atoms with E-state index in [2.05, 4.69) is 34.6 Å². The van der Waals surface area contributed by atoms with Gasteiger partial charge >= 0.3 is 17.9 Å². The molecule has 6 heteroatoms. The number of hydrogen-bond donors (Lipinski definition) is 0. The largest absolute Gasteiger partial charge is 0.462 e. The molecular weight excluding hydrogens is 817 g/mol. The van der Waals surface area contributed by atoms with E-state index in [-0.39, 0.29) is 31.1 Å². The van der Waals surface area contributed by atoms with Crippen LogP contribution in [0.3, 0.4) is 0 Å². The highest BCUT2D eigenvalue weighted by Crippen LogP contribution is 2.19. The summed E-state index contributed by atoms with van der Waals surface area (Å²) in [4.78, 5) is 38.2. The minimum absolute atomic E-state index is 0.0628. The van der Waals surface area contributed by atoms with Crippen molar-refractivity contribution in [2.75, 3.05) is 13.2 Å². The quantitative estimate of drug-likeness (QED) is 0.0343. The Labute approximate surface area is 412 Å². The fourth-order valence-corrected chi connectivity index (χ4v) is 9.20. The van der Waals surface area contributed by atoms with Crippen LogP contribution in [0, 0.1) is 11.8 Å². The van der Waals surface area contributed by atoms with Crippen molar-refractivity contribution in [3.8, 4) is 0 Å². The van der Waals surface area contributed by atoms with Crippen molar-refractivity contribution in [3.05, 3.63) is 0 Å². The molecule has 0 aliphatic carbocycles. The monoisotopic (exact) mass is 933 g/mol. The molecule has 0 N–H and O–H groups in total. The van der Waals surface area contributed by atoms with Crippen molar-refractivity contribution in [1.82, 2.24) is 0 Å². The molecule has 0 fully saturated rings. The smallest absolute Gasteiger partial charge is 0.306 e. The van der Waals surface area contributed by atoms with Crippen molar-refractivity contribution >= 4 is 17.9 Å². The van der Waals surface area contributed by atoms with Crippen LogP contribution >= 0.6 is 0 Å². The van der Waals surface area contributed by atoms with Gasteiger partial charge < -0.3 is 14.2 Å². The second kappa shape index (κ2) is 52.8. The van der Waals surface area contributed by atoms with Gasteiger partial charge in [-0.25, -0.2) is 0 Å². The number of hydrogen-bond acceptors (Lipinski definition) is 6. The number of rotatable bonds is 54. The highest BCUT2D eigenvalue weighted by Gasteiger charge is 2.19. The Morgan fingerprint density at radius 3 is 0.864 bits per heavy atom. The number of carbonyl (C=O) groups excluding carboxylic acids is 3. The van der Waals surface area contributed by atoms with E-state index in [0.29, 0.717) is 19.3 Å². The van der Waals surface area contributed by atoms with Gasteiger partial charge in [0.15, 0.2) is 6.10 Å². The summed E-state index contributed by atoms with van der Waals surface area (Å²) in [6.07, 6.45) is 56.6. The van der Waals surface area contributed by atoms with Gasteiger partial charge in [0, 0.05) is 19.3 Å². The zero-order valence-corrected chi connectivity index (χ0v) is 45.3. The molecular formula is C60H116O6. The fraction of sp³-hybridized carbons (Fsp3) is 0.950. The van der Waals surface area contributed by atoms with Gasteiger partial charge in [-0.2, -0.15) is 0 Å². The first kappa shape index (κ1) is 64.4. The zero-order valence-electron chi connectivity index (χ0n) is 45.3. The SMILES string of the molecule is CCCCCCCCCCCCCCCCCCCCCC(=O)OC[C@H](COC(=O)CCCCCCCCCCCCCCC(C)C)OC(=O)CCCCCCCCCCCCC(C)CC. The molecule has 1 unspecified atom stereocenters. The molecule has 0 aliphatic rings. The maximum absolute atomic E-state index is 12.9. The van der Waals surface area contributed by atoms with Crippen molar-refractivity contribution < 1.29 is 28.6 Å². The van der Waals surface area contributed by atoms with Crippen LogP contribution in [0.4, 0.5) is 0 Å². The van der Waals surface area contributed by atoms with Crippen LogP contribution < -0.4 is 0 Å². The van der Waals surface area contributed by atoms with E-state index in [0.717, 1.165) is 69.6 Å². The standard InChI is InChI=1S/C60H116O6/c1-6-8-9-10-11-12-13-14-15-16-17-18-19-20-24-30-35-40-45-50-58(61)64-53-57(66-60(63)52-47-42-37-32-27-26-29-34-39-44-49-56(5)7-2)54-65-59(62)51-46-41-36-31-25-22-21-23-28-33-38-43-48-55(3)4/h55-57H,6-54H2,1-5H3/t56?,57-/m1/s1. The number of carbonyl (C=O) groups is 3. The molecule has 2 atom stereocenters. The van der Waals surface area contributed by atoms with Crippen LogP contribution in [0.15, 0.2) is 0 Å². The van der Waals surface area contributed by atoms with Crippen LogP contribution in [0.2, 0.25) is 0 Å². The van der Waals surface area contributed by atoms with Crippen LogP contribution in [-0.2, 0) is 28.6 Å². The Kier molecular flexibility index (Phi) is 51.5. The minimum atomic E-state index is -0.763. The van der Waals surface area contributed by atoms with Crippen LogP contribution in [0.1, 0.15) is 336 Å². The van der Waals surface area contributed by atoms with Crippen molar-refractivity contribution in [2.24, 2.45) is 11.8 Å². The molecule has 0 saturated heterocycles. The molecule has 0 heterocycles. The lowest BCUT2D eigenvalue weighted by molar-refractivity contribution is -0.167. The number of ether oxygens (including phenoxy) is 3. The molecule has 0 aromatic rings. The molecule has 0 aliphatic heterocycles.